The lowest BCUT2D eigenvalue weighted by Gasteiger charge is -2.18. The zero-order chi connectivity index (χ0) is 20.5. The largest absolute Gasteiger partial charge is 0.507 e. The number of aromatic nitrogens is 4. The smallest absolute Gasteiger partial charge is 0.228 e. The fourth-order valence-electron chi connectivity index (χ4n) is 3.10. The van der Waals surface area contributed by atoms with E-state index in [0.29, 0.717) is 5.56 Å². The second-order valence-electron chi connectivity index (χ2n) is 6.39. The van der Waals surface area contributed by atoms with Crippen LogP contribution in [0.15, 0.2) is 35.7 Å². The Labute approximate surface area is 163 Å². The van der Waals surface area contributed by atoms with Crippen LogP contribution in [0.2, 0.25) is 0 Å². The molecule has 0 bridgehead atoms. The summed E-state index contributed by atoms with van der Waals surface area (Å²) in [6, 6.07) is 6.61. The molecule has 0 radical (unpaired) electrons. The Morgan fingerprint density at radius 3 is 2.76 bits per heavy atom. The number of ether oxygens (including phenoxy) is 1. The molecule has 152 valence electrons. The number of phenolic OH excluding ortho intramolecular Hbond substituents is 1. The van der Waals surface area contributed by atoms with Gasteiger partial charge >= 0.3 is 0 Å². The summed E-state index contributed by atoms with van der Waals surface area (Å²) in [5.74, 6) is 0.257. The van der Waals surface area contributed by atoms with Gasteiger partial charge in [0.15, 0.2) is 23.2 Å². The number of anilines is 2. The van der Waals surface area contributed by atoms with E-state index in [-0.39, 0.29) is 28.7 Å². The predicted molar refractivity (Wildman–Crippen MR) is 102 cm³/mol. The molecule has 1 aliphatic heterocycles. The number of imidazole rings is 1. The molecule has 4 atom stereocenters. The van der Waals surface area contributed by atoms with Gasteiger partial charge in [-0.05, 0) is 12.1 Å². The van der Waals surface area contributed by atoms with Gasteiger partial charge in [0.05, 0.1) is 12.8 Å². The van der Waals surface area contributed by atoms with Gasteiger partial charge in [0.25, 0.3) is 0 Å². The third-order valence-electron chi connectivity index (χ3n) is 4.58. The zero-order valence-electron chi connectivity index (χ0n) is 15.0. The Morgan fingerprint density at radius 1 is 1.24 bits per heavy atom. The first-order valence-electron chi connectivity index (χ1n) is 8.69. The maximum Gasteiger partial charge on any atom is 0.228 e. The van der Waals surface area contributed by atoms with Crippen molar-refractivity contribution >= 4 is 29.1 Å². The van der Waals surface area contributed by atoms with Gasteiger partial charge < -0.3 is 30.9 Å². The molecule has 12 nitrogen and oxygen atoms in total. The van der Waals surface area contributed by atoms with Crippen LogP contribution < -0.4 is 11.2 Å². The standard InChI is InChI=1S/C17H19N7O5/c18-14-11-15(20-7-19-14)24(16-13(28)12(27)10(6-25)29-16)17(22-11)23-21-5-8-3-1-2-4-9(8)26/h1-5,7,10,12-13,16,25-28H,6H2,(H,22,23)(H2,18,19,20)/b21-5+/t10-,12-,13-,16-/m0/s1. The summed E-state index contributed by atoms with van der Waals surface area (Å²) in [7, 11) is 0. The second-order valence-corrected chi connectivity index (χ2v) is 6.39. The van der Waals surface area contributed by atoms with Crippen molar-refractivity contribution in [2.24, 2.45) is 5.10 Å². The van der Waals surface area contributed by atoms with Gasteiger partial charge in [-0.25, -0.2) is 20.4 Å². The van der Waals surface area contributed by atoms with Gasteiger partial charge in [0.1, 0.15) is 30.4 Å². The van der Waals surface area contributed by atoms with Crippen molar-refractivity contribution in [3.05, 3.63) is 36.2 Å². The molecule has 0 saturated carbocycles. The van der Waals surface area contributed by atoms with Gasteiger partial charge in [0.2, 0.25) is 5.95 Å². The van der Waals surface area contributed by atoms with E-state index >= 15 is 0 Å². The van der Waals surface area contributed by atoms with Crippen LogP contribution in [0, 0.1) is 0 Å². The van der Waals surface area contributed by atoms with E-state index in [2.05, 4.69) is 25.5 Å². The highest BCUT2D eigenvalue weighted by Gasteiger charge is 2.45. The average Bonchev–Trinajstić information content (AvgIpc) is 3.22. The number of nitrogens with two attached hydrogens (primary N) is 1. The fraction of sp³-hybridized carbons (Fsp3) is 0.294. The summed E-state index contributed by atoms with van der Waals surface area (Å²) in [6.45, 7) is -0.479. The molecule has 7 N–H and O–H groups in total. The first kappa shape index (κ1) is 19.0. The van der Waals surface area contributed by atoms with Crippen molar-refractivity contribution in [2.45, 2.75) is 24.5 Å². The van der Waals surface area contributed by atoms with E-state index in [1.54, 1.807) is 18.2 Å². The number of aromatic hydroxyl groups is 1. The summed E-state index contributed by atoms with van der Waals surface area (Å²) < 4.78 is 6.97. The number of aliphatic hydroxyl groups excluding tert-OH is 3. The highest BCUT2D eigenvalue weighted by molar-refractivity contribution is 5.85. The second kappa shape index (κ2) is 7.60. The van der Waals surface area contributed by atoms with Crippen LogP contribution >= 0.6 is 0 Å². The Kier molecular flexibility index (Phi) is 4.98. The number of hydrogen-bond donors (Lipinski definition) is 6. The number of aliphatic hydroxyl groups is 3. The number of para-hydroxylation sites is 1. The van der Waals surface area contributed by atoms with E-state index in [4.69, 9.17) is 10.5 Å². The molecule has 2 aromatic heterocycles. The van der Waals surface area contributed by atoms with E-state index < -0.39 is 31.1 Å². The van der Waals surface area contributed by atoms with Crippen molar-refractivity contribution in [1.29, 1.82) is 0 Å². The number of nitrogen functional groups attached to an aromatic ring is 1. The van der Waals surface area contributed by atoms with E-state index in [1.807, 2.05) is 0 Å². The number of phenols is 1. The minimum absolute atomic E-state index is 0.0464. The Hall–Kier alpha value is -3.32. The normalized spacial score (nSPS) is 24.5. The summed E-state index contributed by atoms with van der Waals surface area (Å²) in [5, 5.41) is 43.8. The highest BCUT2D eigenvalue weighted by Crippen LogP contribution is 2.35. The molecule has 0 amide bonds. The lowest BCUT2D eigenvalue weighted by atomic mass is 10.1. The maximum absolute atomic E-state index is 10.4. The number of nitrogens with zero attached hydrogens (tertiary/aromatic N) is 5. The van der Waals surface area contributed by atoms with Gasteiger partial charge in [-0.1, -0.05) is 12.1 Å². The molecule has 0 aliphatic carbocycles. The van der Waals surface area contributed by atoms with Gasteiger partial charge in [-0.2, -0.15) is 5.10 Å². The molecule has 0 unspecified atom stereocenters. The minimum atomic E-state index is -1.36. The quantitative estimate of drug-likeness (QED) is 0.233. The molecule has 0 spiro atoms. The topological polar surface area (TPSA) is 184 Å². The number of fused-ring (bicyclic) bond motifs is 1. The fourth-order valence-corrected chi connectivity index (χ4v) is 3.10. The third-order valence-corrected chi connectivity index (χ3v) is 4.58. The van der Waals surface area contributed by atoms with Crippen molar-refractivity contribution in [3.63, 3.8) is 0 Å². The molecule has 1 aliphatic rings. The molecule has 29 heavy (non-hydrogen) atoms. The lowest BCUT2D eigenvalue weighted by molar-refractivity contribution is -0.0501. The molecule has 1 aromatic carbocycles. The van der Waals surface area contributed by atoms with E-state index in [1.165, 1.54) is 23.2 Å². The summed E-state index contributed by atoms with van der Waals surface area (Å²) in [6.07, 6.45) is -2.14. The predicted octanol–water partition coefficient (Wildman–Crippen LogP) is -0.828. The zero-order valence-corrected chi connectivity index (χ0v) is 15.0. The first-order valence-corrected chi connectivity index (χ1v) is 8.69. The van der Waals surface area contributed by atoms with Gasteiger partial charge in [-0.15, -0.1) is 0 Å². The molecule has 4 rings (SSSR count). The molecule has 1 saturated heterocycles. The number of hydrazone groups is 1. The Balaban J connectivity index is 1.73. The van der Waals surface area contributed by atoms with Crippen LogP contribution in [0.3, 0.4) is 0 Å². The number of hydrogen-bond acceptors (Lipinski definition) is 11. The monoisotopic (exact) mass is 401 g/mol. The van der Waals surface area contributed by atoms with E-state index in [0.717, 1.165) is 0 Å². The maximum atomic E-state index is 10.4. The van der Waals surface area contributed by atoms with Gasteiger partial charge in [0, 0.05) is 5.56 Å². The first-order chi connectivity index (χ1) is 14.0. The van der Waals surface area contributed by atoms with Crippen molar-refractivity contribution in [1.82, 2.24) is 19.5 Å². The number of nitrogens with one attached hydrogen (secondary N) is 1. The van der Waals surface area contributed by atoms with Crippen LogP contribution in [0.4, 0.5) is 11.8 Å². The Morgan fingerprint density at radius 2 is 2.03 bits per heavy atom. The molecule has 3 heterocycles. The van der Waals surface area contributed by atoms with Crippen LogP contribution in [0.1, 0.15) is 11.8 Å². The number of rotatable bonds is 5. The third kappa shape index (κ3) is 3.34. The average molecular weight is 401 g/mol. The van der Waals surface area contributed by atoms with Crippen molar-refractivity contribution in [3.8, 4) is 5.75 Å². The lowest BCUT2D eigenvalue weighted by Crippen LogP contribution is -2.33. The Bertz CT molecular complexity index is 1060. The van der Waals surface area contributed by atoms with Crippen molar-refractivity contribution in [2.75, 3.05) is 17.8 Å². The minimum Gasteiger partial charge on any atom is -0.507 e. The number of benzene rings is 1. The molecular formula is C17H19N7O5. The summed E-state index contributed by atoms with van der Waals surface area (Å²) >= 11 is 0. The summed E-state index contributed by atoms with van der Waals surface area (Å²) in [5.41, 5.74) is 9.53. The molecule has 3 aromatic rings. The van der Waals surface area contributed by atoms with Crippen molar-refractivity contribution < 1.29 is 25.2 Å². The van der Waals surface area contributed by atoms with Crippen LogP contribution in [-0.2, 0) is 4.74 Å². The van der Waals surface area contributed by atoms with Crippen LogP contribution in [0.5, 0.6) is 5.75 Å². The molecular weight excluding hydrogens is 382 g/mol. The van der Waals surface area contributed by atoms with Gasteiger partial charge in [-0.3, -0.25) is 4.57 Å². The van der Waals surface area contributed by atoms with E-state index in [9.17, 15) is 20.4 Å². The summed E-state index contributed by atoms with van der Waals surface area (Å²) in [4.78, 5) is 12.3. The highest BCUT2D eigenvalue weighted by atomic mass is 16.6. The van der Waals surface area contributed by atoms with Crippen LogP contribution in [0.25, 0.3) is 11.2 Å². The van der Waals surface area contributed by atoms with Crippen LogP contribution in [-0.4, -0.2) is 71.1 Å². The molecule has 1 fully saturated rings. The molecule has 12 heteroatoms. The SMILES string of the molecule is Nc1ncnc2c1nc(N/N=C/c1ccccc1O)n2[C@H]1O[C@@H](CO)[C@H](O)[C@@H]1O.